The molecule has 0 radical (unpaired) electrons. The molecule has 0 aliphatic rings. The number of rotatable bonds is 3. The molecular weight excluding hydrogens is 206 g/mol. The van der Waals surface area contributed by atoms with Crippen LogP contribution in [0.1, 0.15) is 13.8 Å². The summed E-state index contributed by atoms with van der Waals surface area (Å²) >= 11 is 1.41. The Balaban J connectivity index is 2.88. The average molecular weight is 219 g/mol. The first-order valence-corrected chi connectivity index (χ1v) is 5.41. The molecule has 78 valence electrons. The quantitative estimate of drug-likeness (QED) is 0.628. The van der Waals surface area contributed by atoms with E-state index in [1.165, 1.54) is 17.8 Å². The van der Waals surface area contributed by atoms with Crippen LogP contribution in [0, 0.1) is 11.3 Å². The highest BCUT2D eigenvalue weighted by Gasteiger charge is 2.20. The summed E-state index contributed by atoms with van der Waals surface area (Å²) < 4.78 is 0. The van der Waals surface area contributed by atoms with E-state index in [0.29, 0.717) is 4.91 Å². The number of allylic oxidation sites excluding steroid dienone is 1. The van der Waals surface area contributed by atoms with Crippen molar-refractivity contribution in [3.05, 3.63) is 41.3 Å². The van der Waals surface area contributed by atoms with Gasteiger partial charge >= 0.3 is 0 Å². The van der Waals surface area contributed by atoms with Crippen molar-refractivity contribution in [1.29, 1.82) is 5.26 Å². The zero-order chi connectivity index (χ0) is 11.3. The van der Waals surface area contributed by atoms with Gasteiger partial charge in [-0.05, 0) is 26.0 Å². The Labute approximate surface area is 94.2 Å². The van der Waals surface area contributed by atoms with Crippen molar-refractivity contribution in [2.45, 2.75) is 24.3 Å². The van der Waals surface area contributed by atoms with E-state index < -0.39 is 5.60 Å². The lowest BCUT2D eigenvalue weighted by Gasteiger charge is -2.20. The number of aliphatic hydroxyl groups is 1. The van der Waals surface area contributed by atoms with Crippen LogP contribution in [0.15, 0.2) is 46.2 Å². The first-order chi connectivity index (χ1) is 7.04. The second-order valence-electron chi connectivity index (χ2n) is 3.61. The van der Waals surface area contributed by atoms with Crippen molar-refractivity contribution in [1.82, 2.24) is 0 Å². The topological polar surface area (TPSA) is 44.0 Å². The summed E-state index contributed by atoms with van der Waals surface area (Å²) in [6.45, 7) is 3.35. The van der Waals surface area contributed by atoms with Gasteiger partial charge in [0, 0.05) is 15.9 Å². The molecule has 0 bridgehead atoms. The van der Waals surface area contributed by atoms with E-state index in [9.17, 15) is 5.11 Å². The minimum Gasteiger partial charge on any atom is -0.385 e. The smallest absolute Gasteiger partial charge is 0.0921 e. The third kappa shape index (κ3) is 3.78. The molecule has 0 unspecified atom stereocenters. The normalized spacial score (nSPS) is 12.3. The van der Waals surface area contributed by atoms with E-state index in [-0.39, 0.29) is 0 Å². The van der Waals surface area contributed by atoms with Crippen molar-refractivity contribution in [2.24, 2.45) is 0 Å². The van der Waals surface area contributed by atoms with Gasteiger partial charge in [0.25, 0.3) is 0 Å². The maximum Gasteiger partial charge on any atom is 0.0921 e. The molecule has 0 saturated heterocycles. The minimum atomic E-state index is -0.976. The van der Waals surface area contributed by atoms with Crippen LogP contribution in [-0.4, -0.2) is 10.7 Å². The summed E-state index contributed by atoms with van der Waals surface area (Å²) in [7, 11) is 0. The predicted molar refractivity (Wildman–Crippen MR) is 62.3 cm³/mol. The number of nitrogens with zero attached hydrogens (tertiary/aromatic N) is 1. The van der Waals surface area contributed by atoms with Gasteiger partial charge in [0.2, 0.25) is 0 Å². The molecular formula is C12H13NOS. The van der Waals surface area contributed by atoms with Gasteiger partial charge in [-0.15, -0.1) is 0 Å². The first-order valence-electron chi connectivity index (χ1n) is 4.59. The Morgan fingerprint density at radius 1 is 1.40 bits per heavy atom. The van der Waals surface area contributed by atoms with Crippen molar-refractivity contribution >= 4 is 11.8 Å². The monoisotopic (exact) mass is 219 g/mol. The molecule has 0 heterocycles. The lowest BCUT2D eigenvalue weighted by Crippen LogP contribution is -2.19. The molecule has 3 heteroatoms. The second-order valence-corrected chi connectivity index (χ2v) is 4.73. The van der Waals surface area contributed by atoms with Gasteiger partial charge in [-0.25, -0.2) is 0 Å². The molecule has 0 fully saturated rings. The first kappa shape index (κ1) is 11.8. The van der Waals surface area contributed by atoms with E-state index in [1.807, 2.05) is 36.4 Å². The highest BCUT2D eigenvalue weighted by Crippen LogP contribution is 2.33. The van der Waals surface area contributed by atoms with E-state index in [4.69, 9.17) is 5.26 Å². The fourth-order valence-electron chi connectivity index (χ4n) is 1.01. The molecule has 0 saturated carbocycles. The lowest BCUT2D eigenvalue weighted by atomic mass is 10.1. The van der Waals surface area contributed by atoms with Gasteiger partial charge in [-0.2, -0.15) is 5.26 Å². The zero-order valence-corrected chi connectivity index (χ0v) is 9.58. The molecule has 15 heavy (non-hydrogen) atoms. The highest BCUT2D eigenvalue weighted by molar-refractivity contribution is 8.03. The molecule has 0 amide bonds. The molecule has 1 N–H and O–H groups in total. The van der Waals surface area contributed by atoms with Crippen molar-refractivity contribution in [3.63, 3.8) is 0 Å². The van der Waals surface area contributed by atoms with Gasteiger partial charge in [0.05, 0.1) is 11.7 Å². The number of thioether (sulfide) groups is 1. The fraction of sp³-hybridized carbons (Fsp3) is 0.250. The summed E-state index contributed by atoms with van der Waals surface area (Å²) in [4.78, 5) is 1.66. The third-order valence-electron chi connectivity index (χ3n) is 1.77. The summed E-state index contributed by atoms with van der Waals surface area (Å²) in [5.74, 6) is 0. The van der Waals surface area contributed by atoms with Gasteiger partial charge in [-0.1, -0.05) is 30.0 Å². The molecule has 1 aromatic carbocycles. The standard InChI is InChI=1S/C12H13NOS/c1-12(2,14)11(8-9-13)15-10-6-4-3-5-7-10/h3-8,14H,1-2H3. The van der Waals surface area contributed by atoms with Crippen LogP contribution in [0.4, 0.5) is 0 Å². The Morgan fingerprint density at radius 2 is 2.00 bits per heavy atom. The molecule has 0 atom stereocenters. The van der Waals surface area contributed by atoms with Gasteiger partial charge in [0.1, 0.15) is 0 Å². The highest BCUT2D eigenvalue weighted by atomic mass is 32.2. The van der Waals surface area contributed by atoms with E-state index >= 15 is 0 Å². The predicted octanol–water partition coefficient (Wildman–Crippen LogP) is 2.96. The average Bonchev–Trinajstić information content (AvgIpc) is 2.17. The lowest BCUT2D eigenvalue weighted by molar-refractivity contribution is 0.129. The Morgan fingerprint density at radius 3 is 2.47 bits per heavy atom. The molecule has 1 aromatic rings. The maximum absolute atomic E-state index is 9.83. The van der Waals surface area contributed by atoms with Crippen LogP contribution in [0.3, 0.4) is 0 Å². The third-order valence-corrected chi connectivity index (χ3v) is 3.11. The van der Waals surface area contributed by atoms with Crippen LogP contribution >= 0.6 is 11.8 Å². The minimum absolute atomic E-state index is 0.649. The van der Waals surface area contributed by atoms with Gasteiger partial charge in [-0.3, -0.25) is 0 Å². The zero-order valence-electron chi connectivity index (χ0n) is 8.77. The Hall–Kier alpha value is -1.24. The number of nitriles is 1. The van der Waals surface area contributed by atoms with Crippen molar-refractivity contribution < 1.29 is 5.11 Å². The summed E-state index contributed by atoms with van der Waals surface area (Å²) in [6, 6.07) is 11.6. The SMILES string of the molecule is CC(C)(O)C(=CC#N)Sc1ccccc1. The van der Waals surface area contributed by atoms with Crippen molar-refractivity contribution in [2.75, 3.05) is 0 Å². The van der Waals surface area contributed by atoms with Gasteiger partial charge < -0.3 is 5.11 Å². The van der Waals surface area contributed by atoms with Crippen LogP contribution < -0.4 is 0 Å². The largest absolute Gasteiger partial charge is 0.385 e. The molecule has 0 aromatic heterocycles. The second kappa shape index (κ2) is 5.01. The number of hydrogen-bond donors (Lipinski definition) is 1. The van der Waals surface area contributed by atoms with E-state index in [1.54, 1.807) is 13.8 Å². The fourth-order valence-corrected chi connectivity index (χ4v) is 1.91. The number of hydrogen-bond acceptors (Lipinski definition) is 3. The molecule has 0 spiro atoms. The van der Waals surface area contributed by atoms with Crippen LogP contribution in [0.5, 0.6) is 0 Å². The Kier molecular flexibility index (Phi) is 3.96. The molecule has 0 aliphatic heterocycles. The van der Waals surface area contributed by atoms with E-state index in [0.717, 1.165) is 4.90 Å². The molecule has 1 rings (SSSR count). The summed E-state index contributed by atoms with van der Waals surface area (Å²) in [6.07, 6.45) is 1.39. The number of benzene rings is 1. The van der Waals surface area contributed by atoms with Crippen LogP contribution in [0.25, 0.3) is 0 Å². The molecule has 0 aliphatic carbocycles. The van der Waals surface area contributed by atoms with Crippen LogP contribution in [0.2, 0.25) is 0 Å². The van der Waals surface area contributed by atoms with E-state index in [2.05, 4.69) is 0 Å². The summed E-state index contributed by atoms with van der Waals surface area (Å²) in [5.41, 5.74) is -0.976. The maximum atomic E-state index is 9.83. The van der Waals surface area contributed by atoms with Crippen molar-refractivity contribution in [3.8, 4) is 6.07 Å². The summed E-state index contributed by atoms with van der Waals surface area (Å²) in [5, 5.41) is 18.5. The van der Waals surface area contributed by atoms with Crippen LogP contribution in [-0.2, 0) is 0 Å². The van der Waals surface area contributed by atoms with Gasteiger partial charge in [0.15, 0.2) is 0 Å². The molecule has 2 nitrogen and oxygen atoms in total. The Bertz CT molecular complexity index is 384.